The first-order valence-electron chi connectivity index (χ1n) is 6.72. The Hall–Kier alpha value is -0.860. The van der Waals surface area contributed by atoms with Gasteiger partial charge in [0.15, 0.2) is 0 Å². The van der Waals surface area contributed by atoms with Gasteiger partial charge in [-0.25, -0.2) is 0 Å². The first-order valence-corrected chi connectivity index (χ1v) is 6.72. The van der Waals surface area contributed by atoms with Crippen molar-refractivity contribution in [2.24, 2.45) is 0 Å². The van der Waals surface area contributed by atoms with E-state index in [0.717, 1.165) is 25.8 Å². The Morgan fingerprint density at radius 1 is 1.35 bits per heavy atom. The largest absolute Gasteiger partial charge is 0.391 e. The summed E-state index contributed by atoms with van der Waals surface area (Å²) < 4.78 is 0. The number of hydrogen-bond donors (Lipinski definition) is 1. The smallest absolute Gasteiger partial charge is 0.0708 e. The van der Waals surface area contributed by atoms with Gasteiger partial charge in [0.05, 0.1) is 6.10 Å². The summed E-state index contributed by atoms with van der Waals surface area (Å²) in [5.41, 5.74) is 1.35. The maximum absolute atomic E-state index is 10.0. The number of aliphatic hydroxyl groups is 1. The zero-order chi connectivity index (χ0) is 12.3. The molecule has 1 aromatic rings. The third-order valence-electron chi connectivity index (χ3n) is 3.77. The second-order valence-corrected chi connectivity index (χ2v) is 5.06. The highest BCUT2D eigenvalue weighted by Crippen LogP contribution is 2.34. The number of aliphatic hydroxyl groups excluding tert-OH is 1. The van der Waals surface area contributed by atoms with Crippen molar-refractivity contribution >= 4 is 0 Å². The molecule has 1 heterocycles. The summed E-state index contributed by atoms with van der Waals surface area (Å²) in [4.78, 5) is 2.38. The second-order valence-electron chi connectivity index (χ2n) is 5.06. The molecule has 4 atom stereocenters. The minimum Gasteiger partial charge on any atom is -0.391 e. The van der Waals surface area contributed by atoms with Crippen LogP contribution in [-0.2, 0) is 0 Å². The average Bonchev–Trinajstić information content (AvgIpc) is 3.16. The minimum atomic E-state index is -0.138. The van der Waals surface area contributed by atoms with Crippen molar-refractivity contribution in [2.45, 2.75) is 51.3 Å². The van der Waals surface area contributed by atoms with Crippen LogP contribution in [0.25, 0.3) is 0 Å². The van der Waals surface area contributed by atoms with E-state index in [9.17, 15) is 5.11 Å². The highest BCUT2D eigenvalue weighted by Gasteiger charge is 2.42. The molecule has 1 aliphatic heterocycles. The highest BCUT2D eigenvalue weighted by molar-refractivity contribution is 5.20. The minimum absolute atomic E-state index is 0.138. The Kier molecular flexibility index (Phi) is 4.19. The Bertz CT molecular complexity index is 338. The highest BCUT2D eigenvalue weighted by atomic mass is 16.3. The number of rotatable bonds is 6. The van der Waals surface area contributed by atoms with Crippen molar-refractivity contribution < 1.29 is 5.11 Å². The van der Waals surface area contributed by atoms with E-state index in [-0.39, 0.29) is 6.10 Å². The summed E-state index contributed by atoms with van der Waals surface area (Å²) in [6.45, 7) is 5.44. The summed E-state index contributed by atoms with van der Waals surface area (Å²) in [5, 5.41) is 10.0. The summed E-state index contributed by atoms with van der Waals surface area (Å²) >= 11 is 0. The molecule has 1 unspecified atom stereocenters. The van der Waals surface area contributed by atoms with Gasteiger partial charge in [-0.3, -0.25) is 4.90 Å². The maximum Gasteiger partial charge on any atom is 0.0708 e. The molecule has 1 aromatic carbocycles. The van der Waals surface area contributed by atoms with Crippen molar-refractivity contribution in [2.75, 3.05) is 6.54 Å². The molecule has 1 aliphatic rings. The van der Waals surface area contributed by atoms with E-state index in [4.69, 9.17) is 0 Å². The molecule has 0 radical (unpaired) electrons. The van der Waals surface area contributed by atoms with Crippen LogP contribution < -0.4 is 0 Å². The lowest BCUT2D eigenvalue weighted by Gasteiger charge is -2.16. The quantitative estimate of drug-likeness (QED) is 0.763. The Morgan fingerprint density at radius 2 is 2.06 bits per heavy atom. The van der Waals surface area contributed by atoms with Gasteiger partial charge in [-0.15, -0.1) is 0 Å². The monoisotopic (exact) mass is 233 g/mol. The van der Waals surface area contributed by atoms with Crippen LogP contribution in [0.1, 0.15) is 44.7 Å². The van der Waals surface area contributed by atoms with Gasteiger partial charge in [0, 0.05) is 18.6 Å². The fourth-order valence-corrected chi connectivity index (χ4v) is 2.49. The van der Waals surface area contributed by atoms with E-state index in [2.05, 4.69) is 43.0 Å². The second kappa shape index (κ2) is 5.65. The van der Waals surface area contributed by atoms with Crippen LogP contribution in [0.3, 0.4) is 0 Å². The number of unbranched alkanes of at least 4 members (excludes halogenated alkanes) is 1. The molecule has 94 valence electrons. The molecule has 0 bridgehead atoms. The van der Waals surface area contributed by atoms with Gasteiger partial charge >= 0.3 is 0 Å². The lowest BCUT2D eigenvalue weighted by Crippen LogP contribution is -2.20. The maximum atomic E-state index is 10.0. The van der Waals surface area contributed by atoms with Crippen LogP contribution >= 0.6 is 0 Å². The molecule has 1 fully saturated rings. The van der Waals surface area contributed by atoms with E-state index in [1.54, 1.807) is 0 Å². The van der Waals surface area contributed by atoms with Crippen LogP contribution in [0.15, 0.2) is 30.3 Å². The van der Waals surface area contributed by atoms with Gasteiger partial charge in [-0.05, 0) is 18.9 Å². The predicted molar refractivity (Wildman–Crippen MR) is 70.9 cm³/mol. The summed E-state index contributed by atoms with van der Waals surface area (Å²) in [6.07, 6.45) is 3.10. The molecule has 0 aliphatic carbocycles. The van der Waals surface area contributed by atoms with Gasteiger partial charge in [0.25, 0.3) is 0 Å². The van der Waals surface area contributed by atoms with E-state index >= 15 is 0 Å². The molecule has 0 amide bonds. The first kappa shape index (κ1) is 12.6. The molecule has 0 saturated carbocycles. The summed E-state index contributed by atoms with van der Waals surface area (Å²) in [6, 6.07) is 11.4. The van der Waals surface area contributed by atoms with Gasteiger partial charge in [-0.2, -0.15) is 0 Å². The van der Waals surface area contributed by atoms with Crippen molar-refractivity contribution in [3.05, 3.63) is 35.9 Å². The predicted octanol–water partition coefficient (Wildman–Crippen LogP) is 2.98. The average molecular weight is 233 g/mol. The van der Waals surface area contributed by atoms with Gasteiger partial charge in [0.2, 0.25) is 0 Å². The Labute approximate surface area is 104 Å². The van der Waals surface area contributed by atoms with Crippen molar-refractivity contribution in [1.29, 1.82) is 0 Å². The van der Waals surface area contributed by atoms with E-state index in [0.29, 0.717) is 12.1 Å². The van der Waals surface area contributed by atoms with Crippen LogP contribution in [0.4, 0.5) is 0 Å². The fraction of sp³-hybridized carbons (Fsp3) is 0.600. The Morgan fingerprint density at radius 3 is 2.71 bits per heavy atom. The molecular formula is C15H23NO. The van der Waals surface area contributed by atoms with Gasteiger partial charge < -0.3 is 5.11 Å². The van der Waals surface area contributed by atoms with Crippen molar-refractivity contribution in [3.8, 4) is 0 Å². The van der Waals surface area contributed by atoms with Crippen LogP contribution in [0, 0.1) is 0 Å². The van der Waals surface area contributed by atoms with Crippen molar-refractivity contribution in [3.63, 3.8) is 0 Å². The normalized spacial score (nSPS) is 26.5. The molecular weight excluding hydrogens is 210 g/mol. The van der Waals surface area contributed by atoms with Crippen LogP contribution in [-0.4, -0.2) is 28.7 Å². The van der Waals surface area contributed by atoms with E-state index < -0.39 is 0 Å². The van der Waals surface area contributed by atoms with Crippen LogP contribution in [0.2, 0.25) is 0 Å². The molecule has 1 N–H and O–H groups in total. The Balaban J connectivity index is 1.86. The van der Waals surface area contributed by atoms with Gasteiger partial charge in [0.1, 0.15) is 0 Å². The molecule has 2 heteroatoms. The summed E-state index contributed by atoms with van der Waals surface area (Å²) in [7, 11) is 0. The zero-order valence-electron chi connectivity index (χ0n) is 10.8. The molecule has 2 nitrogen and oxygen atoms in total. The molecule has 1 saturated heterocycles. The third-order valence-corrected chi connectivity index (χ3v) is 3.77. The first-order chi connectivity index (χ1) is 8.24. The molecule has 0 spiro atoms. The molecule has 17 heavy (non-hydrogen) atoms. The van der Waals surface area contributed by atoms with Crippen molar-refractivity contribution in [1.82, 2.24) is 4.90 Å². The van der Waals surface area contributed by atoms with E-state index in [1.165, 1.54) is 5.56 Å². The number of benzene rings is 1. The SMILES string of the molecule is CCCC[C@@H](O)[C@@H]1CN1[C@H](C)c1ccccc1. The molecule has 2 rings (SSSR count). The van der Waals surface area contributed by atoms with Crippen LogP contribution in [0.5, 0.6) is 0 Å². The standard InChI is InChI=1S/C15H23NO/c1-3-4-10-15(17)14-11-16(14)12(2)13-8-6-5-7-9-13/h5-9,12,14-15,17H,3-4,10-11H2,1-2H3/t12-,14+,15-,16?/m1/s1. The fourth-order valence-electron chi connectivity index (χ4n) is 2.49. The number of hydrogen-bond acceptors (Lipinski definition) is 2. The van der Waals surface area contributed by atoms with E-state index in [1.807, 2.05) is 6.07 Å². The lowest BCUT2D eigenvalue weighted by molar-refractivity contribution is 0.137. The zero-order valence-corrected chi connectivity index (χ0v) is 10.8. The molecule has 0 aromatic heterocycles. The van der Waals surface area contributed by atoms with Gasteiger partial charge in [-0.1, -0.05) is 50.1 Å². The topological polar surface area (TPSA) is 23.2 Å². The number of nitrogens with zero attached hydrogens (tertiary/aromatic N) is 1. The lowest BCUT2D eigenvalue weighted by atomic mass is 10.1. The summed E-state index contributed by atoms with van der Waals surface area (Å²) in [5.74, 6) is 0. The third kappa shape index (κ3) is 3.08.